The molecule has 4 fully saturated rings. The molecule has 71 heavy (non-hydrogen) atoms. The van der Waals surface area contributed by atoms with Crippen LogP contribution in [0.3, 0.4) is 0 Å². The van der Waals surface area contributed by atoms with Crippen molar-refractivity contribution >= 4 is 55.7 Å². The summed E-state index contributed by atoms with van der Waals surface area (Å²) in [7, 11) is 0. The van der Waals surface area contributed by atoms with Gasteiger partial charge >= 0.3 is 42.7 Å². The number of ether oxygens (including phenoxy) is 3. The van der Waals surface area contributed by atoms with Crippen molar-refractivity contribution in [2.24, 2.45) is 22.7 Å². The number of carboxylic acids is 1. The number of carboxylic acid groups (broad SMARTS) is 1. The molecular weight excluding hydrogens is 1020 g/mol. The number of aliphatic carboxylic acids is 1. The number of esters is 3. The number of carbonyl (C=O) groups is 4. The molecule has 0 spiro atoms. The van der Waals surface area contributed by atoms with Crippen molar-refractivity contribution in [2.45, 2.75) is 305 Å². The van der Waals surface area contributed by atoms with Crippen LogP contribution in [0, 0.1) is 29.6 Å². The number of halogens is 2. The first-order chi connectivity index (χ1) is 32.7. The number of hydrogen-bond acceptors (Lipinski definition) is 7. The quantitative estimate of drug-likeness (QED) is 0.0150. The van der Waals surface area contributed by atoms with Gasteiger partial charge in [0.25, 0.3) is 0 Å². The van der Waals surface area contributed by atoms with Crippen molar-refractivity contribution in [1.29, 1.82) is 0 Å². The van der Waals surface area contributed by atoms with Crippen molar-refractivity contribution in [3.8, 4) is 0 Å². The molecule has 0 radical (unpaired) electrons. The average molecular weight is 1130 g/mol. The van der Waals surface area contributed by atoms with E-state index in [1.807, 2.05) is 76.2 Å². The largest absolute Gasteiger partial charge is 1.00 e. The Hall–Kier alpha value is -0.823. The summed E-state index contributed by atoms with van der Waals surface area (Å²) in [5.41, 5.74) is -0.167. The van der Waals surface area contributed by atoms with Gasteiger partial charge in [0.05, 0.1) is 22.7 Å². The first-order valence-corrected chi connectivity index (χ1v) is 30.4. The van der Waals surface area contributed by atoms with Gasteiger partial charge < -0.3 is 26.2 Å². The van der Waals surface area contributed by atoms with Gasteiger partial charge in [-0.05, 0) is 153 Å². The van der Waals surface area contributed by atoms with Crippen LogP contribution in [-0.4, -0.2) is 56.4 Å². The zero-order chi connectivity index (χ0) is 53.7. The molecule has 1 N–H and O–H groups in total. The SMILES string of the molecule is BrCCCCCCCCCCCCBr.C=C(C)C.CC(C)(C)OC(=O)C1(CCCCCCCCCCCCC2(C(=O)OC(C)(C)C)CC2)CC1.CC(C)(C)OC(=O)C1CC1.O=C(O)C1CC1.[CH2-]CCC.[Li+]. The molecule has 0 aromatic rings. The average Bonchev–Trinajstić information content (AvgIpc) is 4.05. The number of allylic oxidation sites excluding steroid dienone is 1. The fourth-order valence-corrected chi connectivity index (χ4v) is 7.96. The van der Waals surface area contributed by atoms with Gasteiger partial charge in [0.2, 0.25) is 0 Å². The minimum Gasteiger partial charge on any atom is -0.481 e. The predicted octanol–water partition coefficient (Wildman–Crippen LogP) is 16.0. The molecule has 0 heterocycles. The number of carbonyl (C=O) groups excluding carboxylic acids is 3. The number of unbranched alkanes of at least 4 members (excludes halogenated alkanes) is 19. The molecule has 414 valence electrons. The van der Waals surface area contributed by atoms with Gasteiger partial charge in [-0.2, -0.15) is 6.42 Å². The van der Waals surface area contributed by atoms with Crippen LogP contribution in [0.5, 0.6) is 0 Å². The van der Waals surface area contributed by atoms with Gasteiger partial charge in [-0.3, -0.25) is 19.2 Å². The molecule has 4 rings (SSSR count). The van der Waals surface area contributed by atoms with Crippen LogP contribution < -0.4 is 18.9 Å². The van der Waals surface area contributed by atoms with E-state index in [0.29, 0.717) is 0 Å². The molecule has 0 amide bonds. The first kappa shape index (κ1) is 74.4. The third-order valence-electron chi connectivity index (χ3n) is 12.0. The summed E-state index contributed by atoms with van der Waals surface area (Å²) >= 11 is 6.93. The molecule has 0 bridgehead atoms. The summed E-state index contributed by atoms with van der Waals surface area (Å²) in [4.78, 5) is 45.5. The smallest absolute Gasteiger partial charge is 0.481 e. The van der Waals surface area contributed by atoms with Crippen LogP contribution in [0.4, 0.5) is 0 Å². The number of rotatable bonds is 29. The summed E-state index contributed by atoms with van der Waals surface area (Å²) in [5.74, 6) is -0.348. The topological polar surface area (TPSA) is 116 Å². The van der Waals surface area contributed by atoms with E-state index in [4.69, 9.17) is 19.3 Å². The summed E-state index contributed by atoms with van der Waals surface area (Å²) < 4.78 is 16.3. The van der Waals surface area contributed by atoms with Crippen molar-refractivity contribution < 1.29 is 57.4 Å². The molecular formula is C60H111Br2LiO8. The van der Waals surface area contributed by atoms with E-state index >= 15 is 0 Å². The summed E-state index contributed by atoms with van der Waals surface area (Å²) in [6.45, 7) is 30.6. The van der Waals surface area contributed by atoms with Crippen molar-refractivity contribution in [1.82, 2.24) is 0 Å². The Morgan fingerprint density at radius 1 is 0.521 bits per heavy atom. The second-order valence-electron chi connectivity index (χ2n) is 24.0. The van der Waals surface area contributed by atoms with E-state index in [0.717, 1.165) is 83.5 Å². The molecule has 0 aromatic heterocycles. The maximum absolute atomic E-state index is 12.4. The second-order valence-corrected chi connectivity index (χ2v) is 25.6. The van der Waals surface area contributed by atoms with Crippen LogP contribution in [0.2, 0.25) is 0 Å². The number of hydrogen-bond donors (Lipinski definition) is 1. The Morgan fingerprint density at radius 3 is 0.930 bits per heavy atom. The molecule has 0 aromatic carbocycles. The van der Waals surface area contributed by atoms with Gasteiger partial charge in [-0.25, -0.2) is 0 Å². The van der Waals surface area contributed by atoms with E-state index < -0.39 is 5.97 Å². The van der Waals surface area contributed by atoms with Gasteiger partial charge in [-0.1, -0.05) is 166 Å². The summed E-state index contributed by atoms with van der Waals surface area (Å²) in [5, 5.41) is 10.4. The van der Waals surface area contributed by atoms with E-state index in [9.17, 15) is 19.2 Å². The minimum absolute atomic E-state index is 0. The fraction of sp³-hybridized carbons (Fsp3) is 0.883. The predicted molar refractivity (Wildman–Crippen MR) is 304 cm³/mol. The number of alkyl halides is 2. The van der Waals surface area contributed by atoms with Crippen LogP contribution in [0.15, 0.2) is 12.2 Å². The van der Waals surface area contributed by atoms with E-state index in [1.54, 1.807) is 0 Å². The van der Waals surface area contributed by atoms with Crippen molar-refractivity contribution in [2.75, 3.05) is 10.7 Å². The zero-order valence-corrected chi connectivity index (χ0v) is 51.8. The van der Waals surface area contributed by atoms with Crippen LogP contribution in [-0.2, 0) is 33.4 Å². The van der Waals surface area contributed by atoms with Gasteiger partial charge in [0.15, 0.2) is 0 Å². The maximum Gasteiger partial charge on any atom is 1.00 e. The molecule has 11 heteroatoms. The second kappa shape index (κ2) is 42.3. The Balaban J connectivity index is -0.000000966. The third kappa shape index (κ3) is 49.8. The van der Waals surface area contributed by atoms with E-state index in [2.05, 4.69) is 52.3 Å². The Labute approximate surface area is 467 Å². The minimum atomic E-state index is -0.630. The Bertz CT molecular complexity index is 1290. The Kier molecular flexibility index (Phi) is 44.3. The van der Waals surface area contributed by atoms with Crippen LogP contribution in [0.1, 0.15) is 289 Å². The molecule has 0 unspecified atom stereocenters. The molecule has 4 saturated carbocycles. The standard InChI is InChI=1S/C28H50O4.C12H24Br2.C8H14O2.C4H6O2.C4H8.C4H9.Li/c1-25(2,3)31-23(29)27(19-20-27)17-15-13-11-9-7-8-10-12-14-16-18-28(21-22-28)24(30)32-26(4,5)6;13-11-9-7-5-3-1-2-4-6-8-10-12-14;1-8(2,3)10-7(9)6-4-5-6;5-4(6)3-1-2-3;1-4(2)3;1-3-4-2;/h7-22H2,1-6H3;1-12H2;6H,4-5H2,1-3H3;3H,1-2H2,(H,5,6);1H2,2-3H3;1,3-4H2,2H3;/q;;;;;-1;+1. The van der Waals surface area contributed by atoms with Gasteiger partial charge in [-0.15, -0.1) is 6.58 Å². The monoisotopic (exact) mass is 1120 g/mol. The third-order valence-corrected chi connectivity index (χ3v) is 13.2. The molecule has 0 atom stereocenters. The van der Waals surface area contributed by atoms with Crippen molar-refractivity contribution in [3.63, 3.8) is 0 Å². The molecule has 4 aliphatic rings. The maximum atomic E-state index is 12.4. The summed E-state index contributed by atoms with van der Waals surface area (Å²) in [6, 6.07) is 0. The first-order valence-electron chi connectivity index (χ1n) is 28.2. The fourth-order valence-electron chi connectivity index (χ4n) is 7.17. The molecule has 8 nitrogen and oxygen atoms in total. The van der Waals surface area contributed by atoms with E-state index in [1.165, 1.54) is 138 Å². The molecule has 4 aliphatic carbocycles. The Morgan fingerprint density at radius 2 is 0.761 bits per heavy atom. The zero-order valence-electron chi connectivity index (χ0n) is 48.7. The van der Waals surface area contributed by atoms with Gasteiger partial charge in [0.1, 0.15) is 16.8 Å². The van der Waals surface area contributed by atoms with Crippen LogP contribution in [0.25, 0.3) is 0 Å². The molecule has 0 aliphatic heterocycles. The molecule has 0 saturated heterocycles. The van der Waals surface area contributed by atoms with Crippen LogP contribution >= 0.6 is 31.9 Å². The van der Waals surface area contributed by atoms with Crippen molar-refractivity contribution in [3.05, 3.63) is 19.1 Å². The summed E-state index contributed by atoms with van der Waals surface area (Å²) in [6.07, 6.45) is 39.0. The van der Waals surface area contributed by atoms with Gasteiger partial charge in [0, 0.05) is 10.7 Å². The van der Waals surface area contributed by atoms with E-state index in [-0.39, 0.29) is 76.2 Å². The normalized spacial score (nSPS) is 15.8.